The van der Waals surface area contributed by atoms with E-state index >= 15 is 0 Å². The fourth-order valence-electron chi connectivity index (χ4n) is 2.52. The standard InChI is InChI=1S/C14H29NO2/c1-14(7-4-3-5-8-14)13-15-9-12-17-11-6-10-16-2/h15H,3-13H2,1-2H3. The molecule has 0 atom stereocenters. The quantitative estimate of drug-likeness (QED) is 0.631. The molecule has 17 heavy (non-hydrogen) atoms. The molecule has 0 amide bonds. The molecule has 0 aromatic rings. The molecule has 1 aliphatic carbocycles. The maximum Gasteiger partial charge on any atom is 0.0590 e. The predicted octanol–water partition coefficient (Wildman–Crippen LogP) is 2.60. The lowest BCUT2D eigenvalue weighted by molar-refractivity contribution is 0.101. The Morgan fingerprint density at radius 1 is 1.06 bits per heavy atom. The molecule has 0 unspecified atom stereocenters. The van der Waals surface area contributed by atoms with Crippen molar-refractivity contribution in [3.05, 3.63) is 0 Å². The largest absolute Gasteiger partial charge is 0.385 e. The Hall–Kier alpha value is -0.120. The Morgan fingerprint density at radius 3 is 2.53 bits per heavy atom. The maximum absolute atomic E-state index is 5.52. The Morgan fingerprint density at radius 2 is 1.82 bits per heavy atom. The topological polar surface area (TPSA) is 30.5 Å². The maximum atomic E-state index is 5.52. The molecule has 1 saturated carbocycles. The molecule has 0 spiro atoms. The van der Waals surface area contributed by atoms with Crippen LogP contribution in [-0.2, 0) is 9.47 Å². The molecular weight excluding hydrogens is 214 g/mol. The van der Waals surface area contributed by atoms with Gasteiger partial charge in [-0.1, -0.05) is 26.2 Å². The van der Waals surface area contributed by atoms with Gasteiger partial charge in [-0.25, -0.2) is 0 Å². The Bertz CT molecular complexity index is 179. The third kappa shape index (κ3) is 7.02. The van der Waals surface area contributed by atoms with Crippen molar-refractivity contribution >= 4 is 0 Å². The van der Waals surface area contributed by atoms with Gasteiger partial charge >= 0.3 is 0 Å². The molecule has 0 heterocycles. The highest BCUT2D eigenvalue weighted by Gasteiger charge is 2.25. The highest BCUT2D eigenvalue weighted by atomic mass is 16.5. The van der Waals surface area contributed by atoms with Crippen molar-refractivity contribution in [2.24, 2.45) is 5.41 Å². The molecule has 1 fully saturated rings. The molecule has 0 bridgehead atoms. The third-order valence-corrected chi connectivity index (χ3v) is 3.67. The van der Waals surface area contributed by atoms with E-state index in [4.69, 9.17) is 9.47 Å². The summed E-state index contributed by atoms with van der Waals surface area (Å²) in [6, 6.07) is 0. The van der Waals surface area contributed by atoms with Crippen LogP contribution in [0.3, 0.4) is 0 Å². The zero-order chi connectivity index (χ0) is 12.4. The van der Waals surface area contributed by atoms with Crippen molar-refractivity contribution in [1.29, 1.82) is 0 Å². The average molecular weight is 243 g/mol. The van der Waals surface area contributed by atoms with Crippen LogP contribution in [0.5, 0.6) is 0 Å². The summed E-state index contributed by atoms with van der Waals surface area (Å²) in [6.45, 7) is 6.97. The molecule has 1 aliphatic rings. The Labute approximate surface area is 106 Å². The zero-order valence-corrected chi connectivity index (χ0v) is 11.6. The predicted molar refractivity (Wildman–Crippen MR) is 71.4 cm³/mol. The normalized spacial score (nSPS) is 19.4. The first-order valence-corrected chi connectivity index (χ1v) is 7.04. The molecule has 102 valence electrons. The number of rotatable bonds is 9. The van der Waals surface area contributed by atoms with E-state index in [1.165, 1.54) is 32.1 Å². The minimum atomic E-state index is 0.536. The van der Waals surface area contributed by atoms with E-state index in [1.54, 1.807) is 7.11 Å². The lowest BCUT2D eigenvalue weighted by Gasteiger charge is -2.33. The molecule has 0 saturated heterocycles. The first-order valence-electron chi connectivity index (χ1n) is 7.04. The van der Waals surface area contributed by atoms with Gasteiger partial charge in [0.05, 0.1) is 6.61 Å². The third-order valence-electron chi connectivity index (χ3n) is 3.67. The van der Waals surface area contributed by atoms with E-state index in [0.717, 1.165) is 39.3 Å². The lowest BCUT2D eigenvalue weighted by Crippen LogP contribution is -2.35. The number of ether oxygens (including phenoxy) is 2. The highest BCUT2D eigenvalue weighted by molar-refractivity contribution is 4.80. The van der Waals surface area contributed by atoms with Crippen LogP contribution in [-0.4, -0.2) is 40.0 Å². The van der Waals surface area contributed by atoms with E-state index < -0.39 is 0 Å². The molecule has 0 aromatic heterocycles. The number of hydrogen-bond donors (Lipinski definition) is 1. The number of methoxy groups -OCH3 is 1. The minimum Gasteiger partial charge on any atom is -0.385 e. The zero-order valence-electron chi connectivity index (χ0n) is 11.6. The van der Waals surface area contributed by atoms with Crippen LogP contribution in [0.2, 0.25) is 0 Å². The van der Waals surface area contributed by atoms with Crippen LogP contribution in [0.15, 0.2) is 0 Å². The second-order valence-electron chi connectivity index (χ2n) is 5.51. The Kier molecular flexibility index (Phi) is 7.82. The summed E-state index contributed by atoms with van der Waals surface area (Å²) >= 11 is 0. The van der Waals surface area contributed by atoms with E-state index in [9.17, 15) is 0 Å². The summed E-state index contributed by atoms with van der Waals surface area (Å²) in [5, 5.41) is 3.53. The fourth-order valence-corrected chi connectivity index (χ4v) is 2.52. The first-order chi connectivity index (χ1) is 8.27. The van der Waals surface area contributed by atoms with Crippen molar-refractivity contribution in [2.45, 2.75) is 45.4 Å². The van der Waals surface area contributed by atoms with Crippen molar-refractivity contribution in [2.75, 3.05) is 40.0 Å². The number of hydrogen-bond acceptors (Lipinski definition) is 3. The summed E-state index contributed by atoms with van der Waals surface area (Å²) < 4.78 is 10.5. The van der Waals surface area contributed by atoms with Gasteiger partial charge in [-0.15, -0.1) is 0 Å². The highest BCUT2D eigenvalue weighted by Crippen LogP contribution is 2.34. The molecule has 3 heteroatoms. The first kappa shape index (κ1) is 14.9. The average Bonchev–Trinajstić information content (AvgIpc) is 2.33. The summed E-state index contributed by atoms with van der Waals surface area (Å²) in [5.41, 5.74) is 0.536. The van der Waals surface area contributed by atoms with Gasteiger partial charge in [-0.05, 0) is 24.7 Å². The van der Waals surface area contributed by atoms with Crippen LogP contribution in [0.4, 0.5) is 0 Å². The fraction of sp³-hybridized carbons (Fsp3) is 1.00. The molecular formula is C14H29NO2. The van der Waals surface area contributed by atoms with E-state index in [-0.39, 0.29) is 0 Å². The minimum absolute atomic E-state index is 0.536. The van der Waals surface area contributed by atoms with Gasteiger partial charge in [0.15, 0.2) is 0 Å². The molecule has 1 N–H and O–H groups in total. The molecule has 1 rings (SSSR count). The van der Waals surface area contributed by atoms with Crippen molar-refractivity contribution in [3.63, 3.8) is 0 Å². The summed E-state index contributed by atoms with van der Waals surface area (Å²) in [4.78, 5) is 0. The van der Waals surface area contributed by atoms with Gasteiger partial charge in [0.25, 0.3) is 0 Å². The SMILES string of the molecule is COCCCOCCNCC1(C)CCCCC1. The van der Waals surface area contributed by atoms with Gasteiger partial charge in [-0.3, -0.25) is 0 Å². The van der Waals surface area contributed by atoms with E-state index in [2.05, 4.69) is 12.2 Å². The van der Waals surface area contributed by atoms with Gasteiger partial charge in [0, 0.05) is 33.4 Å². The Balaban J connectivity index is 1.89. The van der Waals surface area contributed by atoms with Gasteiger partial charge in [0.2, 0.25) is 0 Å². The van der Waals surface area contributed by atoms with Crippen molar-refractivity contribution < 1.29 is 9.47 Å². The second kappa shape index (κ2) is 8.90. The van der Waals surface area contributed by atoms with Crippen LogP contribution in [0, 0.1) is 5.41 Å². The molecule has 0 radical (unpaired) electrons. The van der Waals surface area contributed by atoms with Gasteiger partial charge in [0.1, 0.15) is 0 Å². The monoisotopic (exact) mass is 243 g/mol. The molecule has 0 aromatic carbocycles. The van der Waals surface area contributed by atoms with Gasteiger partial charge < -0.3 is 14.8 Å². The lowest BCUT2D eigenvalue weighted by atomic mass is 9.76. The molecule has 3 nitrogen and oxygen atoms in total. The van der Waals surface area contributed by atoms with Crippen molar-refractivity contribution in [1.82, 2.24) is 5.32 Å². The van der Waals surface area contributed by atoms with Crippen molar-refractivity contribution in [3.8, 4) is 0 Å². The smallest absolute Gasteiger partial charge is 0.0590 e. The summed E-state index contributed by atoms with van der Waals surface area (Å²) in [7, 11) is 1.73. The number of nitrogens with one attached hydrogen (secondary N) is 1. The summed E-state index contributed by atoms with van der Waals surface area (Å²) in [6.07, 6.45) is 8.01. The molecule has 0 aliphatic heterocycles. The van der Waals surface area contributed by atoms with Gasteiger partial charge in [-0.2, -0.15) is 0 Å². The van der Waals surface area contributed by atoms with Crippen LogP contribution >= 0.6 is 0 Å². The van der Waals surface area contributed by atoms with E-state index in [1.807, 2.05) is 0 Å². The summed E-state index contributed by atoms with van der Waals surface area (Å²) in [5.74, 6) is 0. The van der Waals surface area contributed by atoms with Crippen LogP contribution in [0.1, 0.15) is 45.4 Å². The van der Waals surface area contributed by atoms with Crippen LogP contribution < -0.4 is 5.32 Å². The second-order valence-corrected chi connectivity index (χ2v) is 5.51. The van der Waals surface area contributed by atoms with Crippen LogP contribution in [0.25, 0.3) is 0 Å². The van der Waals surface area contributed by atoms with E-state index in [0.29, 0.717) is 5.41 Å².